The third kappa shape index (κ3) is 2.47. The van der Waals surface area contributed by atoms with Crippen molar-refractivity contribution in [3.63, 3.8) is 0 Å². The number of nitrogens with zero attached hydrogens (tertiary/aromatic N) is 1. The van der Waals surface area contributed by atoms with Crippen LogP contribution in [0.5, 0.6) is 0 Å². The van der Waals surface area contributed by atoms with Gasteiger partial charge in [-0.05, 0) is 19.3 Å². The molecule has 3 heteroatoms. The van der Waals surface area contributed by atoms with Crippen LogP contribution < -0.4 is 0 Å². The van der Waals surface area contributed by atoms with E-state index < -0.39 is 0 Å². The van der Waals surface area contributed by atoms with E-state index in [0.717, 1.165) is 32.2 Å². The number of aliphatic hydroxyl groups is 1. The number of rotatable bonds is 4. The predicted octanol–water partition coefficient (Wildman–Crippen LogP) is 1.41. The molecule has 1 saturated heterocycles. The monoisotopic (exact) mass is 199 g/mol. The summed E-state index contributed by atoms with van der Waals surface area (Å²) >= 11 is 0. The van der Waals surface area contributed by atoms with E-state index in [0.29, 0.717) is 0 Å². The zero-order valence-corrected chi connectivity index (χ0v) is 9.20. The fraction of sp³-hybridized carbons (Fsp3) is 0.909. The van der Waals surface area contributed by atoms with Crippen LogP contribution in [0.3, 0.4) is 0 Å². The summed E-state index contributed by atoms with van der Waals surface area (Å²) in [6.07, 6.45) is 3.99. The Morgan fingerprint density at radius 1 is 1.64 bits per heavy atom. The quantitative estimate of drug-likeness (QED) is 0.743. The Morgan fingerprint density at radius 3 is 2.93 bits per heavy atom. The summed E-state index contributed by atoms with van der Waals surface area (Å²) in [6, 6.07) is 0.0850. The SMILES string of the molecule is CCCC(C)C(=O)N1CCCC1CO. The number of likely N-dealkylation sites (tertiary alicyclic amines) is 1. The number of carbonyl (C=O) groups excluding carboxylic acids is 1. The molecule has 1 N–H and O–H groups in total. The lowest BCUT2D eigenvalue weighted by Gasteiger charge is -2.26. The number of amides is 1. The van der Waals surface area contributed by atoms with E-state index in [1.807, 2.05) is 11.8 Å². The van der Waals surface area contributed by atoms with Gasteiger partial charge in [-0.1, -0.05) is 20.3 Å². The van der Waals surface area contributed by atoms with E-state index in [1.54, 1.807) is 0 Å². The van der Waals surface area contributed by atoms with Crippen LogP contribution in [0.15, 0.2) is 0 Å². The van der Waals surface area contributed by atoms with Crippen molar-refractivity contribution in [2.75, 3.05) is 13.2 Å². The van der Waals surface area contributed by atoms with E-state index in [1.165, 1.54) is 0 Å². The largest absolute Gasteiger partial charge is 0.394 e. The number of carbonyl (C=O) groups is 1. The van der Waals surface area contributed by atoms with Gasteiger partial charge in [0, 0.05) is 12.5 Å². The number of aliphatic hydroxyl groups excluding tert-OH is 1. The molecule has 0 spiro atoms. The van der Waals surface area contributed by atoms with Gasteiger partial charge in [0.05, 0.1) is 12.6 Å². The van der Waals surface area contributed by atoms with E-state index in [2.05, 4.69) is 6.92 Å². The Balaban J connectivity index is 2.50. The van der Waals surface area contributed by atoms with Crippen LogP contribution in [-0.4, -0.2) is 35.1 Å². The maximum absolute atomic E-state index is 11.9. The lowest BCUT2D eigenvalue weighted by molar-refractivity contribution is -0.136. The second-order valence-corrected chi connectivity index (χ2v) is 4.20. The van der Waals surface area contributed by atoms with Crippen molar-refractivity contribution in [3.8, 4) is 0 Å². The molecule has 1 fully saturated rings. The second-order valence-electron chi connectivity index (χ2n) is 4.20. The molecule has 0 aromatic rings. The third-order valence-corrected chi connectivity index (χ3v) is 3.01. The summed E-state index contributed by atoms with van der Waals surface area (Å²) in [7, 11) is 0. The fourth-order valence-corrected chi connectivity index (χ4v) is 2.16. The van der Waals surface area contributed by atoms with E-state index in [4.69, 9.17) is 5.11 Å². The van der Waals surface area contributed by atoms with Gasteiger partial charge in [-0.25, -0.2) is 0 Å². The molecule has 1 aliphatic heterocycles. The summed E-state index contributed by atoms with van der Waals surface area (Å²) < 4.78 is 0. The summed E-state index contributed by atoms with van der Waals surface area (Å²) in [5.41, 5.74) is 0. The van der Waals surface area contributed by atoms with Gasteiger partial charge >= 0.3 is 0 Å². The van der Waals surface area contributed by atoms with Crippen LogP contribution in [0.2, 0.25) is 0 Å². The molecule has 2 unspecified atom stereocenters. The van der Waals surface area contributed by atoms with Gasteiger partial charge in [-0.15, -0.1) is 0 Å². The topological polar surface area (TPSA) is 40.5 Å². The highest BCUT2D eigenvalue weighted by molar-refractivity contribution is 5.79. The summed E-state index contributed by atoms with van der Waals surface area (Å²) in [5.74, 6) is 0.343. The Hall–Kier alpha value is -0.570. The van der Waals surface area contributed by atoms with Crippen molar-refractivity contribution in [1.82, 2.24) is 4.90 Å². The molecule has 0 radical (unpaired) electrons. The van der Waals surface area contributed by atoms with Crippen molar-refractivity contribution < 1.29 is 9.90 Å². The number of hydrogen-bond acceptors (Lipinski definition) is 2. The Kier molecular flexibility index (Phi) is 4.39. The molecule has 14 heavy (non-hydrogen) atoms. The van der Waals surface area contributed by atoms with Crippen molar-refractivity contribution >= 4 is 5.91 Å². The van der Waals surface area contributed by atoms with Crippen molar-refractivity contribution in [1.29, 1.82) is 0 Å². The molecule has 1 aliphatic rings. The molecule has 0 saturated carbocycles. The minimum Gasteiger partial charge on any atom is -0.394 e. The Morgan fingerprint density at radius 2 is 2.36 bits per heavy atom. The molecule has 1 heterocycles. The number of hydrogen-bond donors (Lipinski definition) is 1. The zero-order valence-electron chi connectivity index (χ0n) is 9.20. The maximum atomic E-state index is 11.9. The molecular formula is C11H21NO2. The normalized spacial score (nSPS) is 23.9. The molecule has 0 bridgehead atoms. The van der Waals surface area contributed by atoms with Gasteiger partial charge in [0.15, 0.2) is 0 Å². The van der Waals surface area contributed by atoms with Crippen LogP contribution in [0.25, 0.3) is 0 Å². The first-order valence-electron chi connectivity index (χ1n) is 5.62. The minimum absolute atomic E-state index is 0.0850. The lowest BCUT2D eigenvalue weighted by atomic mass is 10.0. The summed E-state index contributed by atoms with van der Waals surface area (Å²) in [5, 5.41) is 9.10. The average Bonchev–Trinajstić information content (AvgIpc) is 2.64. The molecule has 82 valence electrons. The van der Waals surface area contributed by atoms with Crippen LogP contribution in [-0.2, 0) is 4.79 Å². The maximum Gasteiger partial charge on any atom is 0.225 e. The van der Waals surface area contributed by atoms with Crippen molar-refractivity contribution in [3.05, 3.63) is 0 Å². The Bertz CT molecular complexity index is 194. The van der Waals surface area contributed by atoms with E-state index >= 15 is 0 Å². The molecule has 1 rings (SSSR count). The van der Waals surface area contributed by atoms with Gasteiger partial charge in [0.25, 0.3) is 0 Å². The standard InChI is InChI=1S/C11H21NO2/c1-3-5-9(2)11(14)12-7-4-6-10(12)8-13/h9-10,13H,3-8H2,1-2H3. The first kappa shape index (κ1) is 11.5. The van der Waals surface area contributed by atoms with Gasteiger partial charge in [0.1, 0.15) is 0 Å². The van der Waals surface area contributed by atoms with Crippen LogP contribution in [0.1, 0.15) is 39.5 Å². The zero-order chi connectivity index (χ0) is 10.6. The second kappa shape index (κ2) is 5.35. The average molecular weight is 199 g/mol. The van der Waals surface area contributed by atoms with Gasteiger partial charge in [-0.3, -0.25) is 4.79 Å². The lowest BCUT2D eigenvalue weighted by Crippen LogP contribution is -2.40. The highest BCUT2D eigenvalue weighted by Gasteiger charge is 2.30. The molecule has 3 nitrogen and oxygen atoms in total. The summed E-state index contributed by atoms with van der Waals surface area (Å²) in [6.45, 7) is 5.03. The summed E-state index contributed by atoms with van der Waals surface area (Å²) in [4.78, 5) is 13.8. The predicted molar refractivity (Wildman–Crippen MR) is 55.9 cm³/mol. The van der Waals surface area contributed by atoms with E-state index in [9.17, 15) is 4.79 Å². The first-order chi connectivity index (χ1) is 6.70. The van der Waals surface area contributed by atoms with Gasteiger partial charge in [0.2, 0.25) is 5.91 Å². The van der Waals surface area contributed by atoms with Gasteiger partial charge in [-0.2, -0.15) is 0 Å². The third-order valence-electron chi connectivity index (χ3n) is 3.01. The Labute approximate surface area is 86.1 Å². The molecule has 0 aromatic carbocycles. The van der Waals surface area contributed by atoms with Crippen LogP contribution in [0.4, 0.5) is 0 Å². The van der Waals surface area contributed by atoms with Crippen molar-refractivity contribution in [2.45, 2.75) is 45.6 Å². The molecule has 0 aliphatic carbocycles. The van der Waals surface area contributed by atoms with Gasteiger partial charge < -0.3 is 10.0 Å². The molecule has 1 amide bonds. The fourth-order valence-electron chi connectivity index (χ4n) is 2.16. The molecular weight excluding hydrogens is 178 g/mol. The molecule has 2 atom stereocenters. The highest BCUT2D eigenvalue weighted by Crippen LogP contribution is 2.20. The molecule has 0 aromatic heterocycles. The van der Waals surface area contributed by atoms with Crippen LogP contribution >= 0.6 is 0 Å². The van der Waals surface area contributed by atoms with Crippen molar-refractivity contribution in [2.24, 2.45) is 5.92 Å². The smallest absolute Gasteiger partial charge is 0.225 e. The van der Waals surface area contributed by atoms with E-state index in [-0.39, 0.29) is 24.5 Å². The van der Waals surface area contributed by atoms with Crippen LogP contribution in [0, 0.1) is 5.92 Å². The highest BCUT2D eigenvalue weighted by atomic mass is 16.3. The first-order valence-corrected chi connectivity index (χ1v) is 5.62. The minimum atomic E-state index is 0.0850.